The maximum absolute atomic E-state index is 11.8. The molecule has 0 saturated carbocycles. The SMILES string of the molecule is CC(CCS(C)=O)NS(=O)(=O)c1ccc(C=O)o1. The molecule has 2 unspecified atom stereocenters. The normalized spacial score (nSPS) is 15.2. The number of nitrogens with one attached hydrogen (secondary N) is 1. The van der Waals surface area contributed by atoms with E-state index in [9.17, 15) is 17.4 Å². The third-order valence-corrected chi connectivity index (χ3v) is 4.45. The summed E-state index contributed by atoms with van der Waals surface area (Å²) in [6, 6.07) is 2.15. The van der Waals surface area contributed by atoms with Crippen LogP contribution in [0.3, 0.4) is 0 Å². The molecule has 0 amide bonds. The van der Waals surface area contributed by atoms with E-state index in [1.807, 2.05) is 0 Å². The smallest absolute Gasteiger partial charge is 0.274 e. The van der Waals surface area contributed by atoms with Crippen LogP contribution in [0.1, 0.15) is 23.9 Å². The second-order valence-corrected chi connectivity index (χ2v) is 7.06. The molecule has 0 aliphatic carbocycles. The summed E-state index contributed by atoms with van der Waals surface area (Å²) in [5.41, 5.74) is 0. The van der Waals surface area contributed by atoms with Gasteiger partial charge in [0, 0.05) is 28.9 Å². The van der Waals surface area contributed by atoms with Crippen LogP contribution < -0.4 is 4.72 Å². The zero-order valence-electron chi connectivity index (χ0n) is 10.1. The van der Waals surface area contributed by atoms with Crippen molar-refractivity contribution in [3.8, 4) is 0 Å². The highest BCUT2D eigenvalue weighted by Crippen LogP contribution is 2.13. The van der Waals surface area contributed by atoms with Gasteiger partial charge in [-0.25, -0.2) is 13.1 Å². The predicted molar refractivity (Wildman–Crippen MR) is 67.4 cm³/mol. The molecule has 0 fully saturated rings. The molecule has 18 heavy (non-hydrogen) atoms. The lowest BCUT2D eigenvalue weighted by atomic mass is 10.3. The van der Waals surface area contributed by atoms with Gasteiger partial charge in [0.05, 0.1) is 0 Å². The second-order valence-electron chi connectivity index (χ2n) is 3.86. The standard InChI is InChI=1S/C10H15NO5S2/c1-8(5-6-17(2)13)11-18(14,15)10-4-3-9(7-12)16-10/h3-4,7-8,11H,5-6H2,1-2H3. The Kier molecular flexibility index (Phi) is 5.24. The summed E-state index contributed by atoms with van der Waals surface area (Å²) in [6.07, 6.45) is 2.45. The van der Waals surface area contributed by atoms with Gasteiger partial charge >= 0.3 is 0 Å². The Balaban J connectivity index is 2.69. The van der Waals surface area contributed by atoms with Crippen molar-refractivity contribution < 1.29 is 21.8 Å². The fraction of sp³-hybridized carbons (Fsp3) is 0.500. The summed E-state index contributed by atoms with van der Waals surface area (Å²) in [4.78, 5) is 10.4. The lowest BCUT2D eigenvalue weighted by Gasteiger charge is -2.11. The number of hydrogen-bond acceptors (Lipinski definition) is 5. The monoisotopic (exact) mass is 293 g/mol. The number of rotatable bonds is 7. The minimum Gasteiger partial charge on any atom is -0.440 e. The van der Waals surface area contributed by atoms with Gasteiger partial charge in [0.2, 0.25) is 5.09 Å². The lowest BCUT2D eigenvalue weighted by molar-refractivity contribution is 0.109. The summed E-state index contributed by atoms with van der Waals surface area (Å²) in [5.74, 6) is 0.374. The van der Waals surface area contributed by atoms with Crippen LogP contribution in [0.4, 0.5) is 0 Å². The topological polar surface area (TPSA) is 93.5 Å². The highest BCUT2D eigenvalue weighted by molar-refractivity contribution is 7.89. The molecule has 8 heteroatoms. The van der Waals surface area contributed by atoms with Crippen molar-refractivity contribution in [2.24, 2.45) is 0 Å². The third-order valence-electron chi connectivity index (χ3n) is 2.18. The fourth-order valence-electron chi connectivity index (χ4n) is 1.27. The van der Waals surface area contributed by atoms with Crippen LogP contribution >= 0.6 is 0 Å². The maximum atomic E-state index is 11.8. The molecule has 0 saturated heterocycles. The van der Waals surface area contributed by atoms with Crippen LogP contribution in [-0.2, 0) is 20.8 Å². The summed E-state index contributed by atoms with van der Waals surface area (Å²) in [5, 5.41) is -0.297. The molecule has 1 rings (SSSR count). The summed E-state index contributed by atoms with van der Waals surface area (Å²) in [6.45, 7) is 1.67. The molecule has 1 aromatic heterocycles. The molecule has 0 aromatic carbocycles. The summed E-state index contributed by atoms with van der Waals surface area (Å²) >= 11 is 0. The van der Waals surface area contributed by atoms with Gasteiger partial charge in [-0.1, -0.05) is 0 Å². The van der Waals surface area contributed by atoms with Gasteiger partial charge in [0.25, 0.3) is 10.0 Å². The first-order valence-corrected chi connectivity index (χ1v) is 8.43. The molecule has 0 bridgehead atoms. The molecule has 1 aromatic rings. The first kappa shape index (κ1) is 15.1. The van der Waals surface area contributed by atoms with E-state index in [4.69, 9.17) is 4.42 Å². The highest BCUT2D eigenvalue weighted by Gasteiger charge is 2.21. The zero-order valence-corrected chi connectivity index (χ0v) is 11.7. The Morgan fingerprint density at radius 1 is 1.50 bits per heavy atom. The van der Waals surface area contributed by atoms with Crippen LogP contribution in [-0.4, -0.2) is 37.0 Å². The van der Waals surface area contributed by atoms with Crippen molar-refractivity contribution >= 4 is 27.1 Å². The Bertz CT molecular complexity index is 534. The van der Waals surface area contributed by atoms with E-state index in [-0.39, 0.29) is 16.9 Å². The molecular weight excluding hydrogens is 278 g/mol. The molecule has 0 aliphatic heterocycles. The van der Waals surface area contributed by atoms with Crippen molar-refractivity contribution in [3.05, 3.63) is 17.9 Å². The molecule has 0 radical (unpaired) electrons. The maximum Gasteiger partial charge on any atom is 0.274 e. The summed E-state index contributed by atoms with van der Waals surface area (Å²) in [7, 11) is -4.73. The largest absolute Gasteiger partial charge is 0.440 e. The Morgan fingerprint density at radius 3 is 2.67 bits per heavy atom. The van der Waals surface area contributed by atoms with E-state index < -0.39 is 20.8 Å². The molecule has 0 aliphatic rings. The van der Waals surface area contributed by atoms with Crippen molar-refractivity contribution in [1.29, 1.82) is 0 Å². The van der Waals surface area contributed by atoms with Crippen molar-refractivity contribution in [3.63, 3.8) is 0 Å². The van der Waals surface area contributed by atoms with Crippen molar-refractivity contribution in [1.82, 2.24) is 4.72 Å². The van der Waals surface area contributed by atoms with E-state index in [1.165, 1.54) is 12.1 Å². The number of aldehydes is 1. The molecule has 6 nitrogen and oxygen atoms in total. The summed E-state index contributed by atoms with van der Waals surface area (Å²) < 4.78 is 41.8. The number of carbonyl (C=O) groups is 1. The Labute approximate surface area is 108 Å². The highest BCUT2D eigenvalue weighted by atomic mass is 32.2. The minimum atomic E-state index is -3.77. The van der Waals surface area contributed by atoms with E-state index in [0.29, 0.717) is 18.5 Å². The third kappa shape index (κ3) is 4.35. The van der Waals surface area contributed by atoms with Gasteiger partial charge in [0.15, 0.2) is 12.0 Å². The van der Waals surface area contributed by atoms with E-state index in [1.54, 1.807) is 13.2 Å². The van der Waals surface area contributed by atoms with Gasteiger partial charge in [-0.15, -0.1) is 0 Å². The average Bonchev–Trinajstić information content (AvgIpc) is 2.75. The number of carbonyl (C=O) groups excluding carboxylic acids is 1. The van der Waals surface area contributed by atoms with Crippen LogP contribution in [0.5, 0.6) is 0 Å². The Hall–Kier alpha value is -0.990. The van der Waals surface area contributed by atoms with Gasteiger partial charge in [0.1, 0.15) is 0 Å². The number of hydrogen-bond donors (Lipinski definition) is 1. The second kappa shape index (κ2) is 6.26. The number of furan rings is 1. The average molecular weight is 293 g/mol. The first-order valence-electron chi connectivity index (χ1n) is 5.22. The molecule has 2 atom stereocenters. The van der Waals surface area contributed by atoms with Crippen LogP contribution in [0, 0.1) is 0 Å². The van der Waals surface area contributed by atoms with Crippen molar-refractivity contribution in [2.45, 2.75) is 24.5 Å². The first-order chi connectivity index (χ1) is 8.35. The van der Waals surface area contributed by atoms with Gasteiger partial charge in [-0.05, 0) is 25.5 Å². The van der Waals surface area contributed by atoms with Crippen LogP contribution in [0.15, 0.2) is 21.6 Å². The van der Waals surface area contributed by atoms with E-state index in [2.05, 4.69) is 4.72 Å². The number of sulfonamides is 1. The molecule has 1 heterocycles. The lowest BCUT2D eigenvalue weighted by Crippen LogP contribution is -2.33. The van der Waals surface area contributed by atoms with Crippen LogP contribution in [0.25, 0.3) is 0 Å². The quantitative estimate of drug-likeness (QED) is 0.740. The molecule has 102 valence electrons. The van der Waals surface area contributed by atoms with Gasteiger partial charge in [-0.2, -0.15) is 0 Å². The van der Waals surface area contributed by atoms with Crippen molar-refractivity contribution in [2.75, 3.05) is 12.0 Å². The van der Waals surface area contributed by atoms with Crippen LogP contribution in [0.2, 0.25) is 0 Å². The predicted octanol–water partition coefficient (Wildman–Crippen LogP) is 0.528. The zero-order chi connectivity index (χ0) is 13.8. The fourth-order valence-corrected chi connectivity index (χ4v) is 3.17. The molecular formula is C10H15NO5S2. The molecule has 1 N–H and O–H groups in total. The molecule has 0 spiro atoms. The Morgan fingerprint density at radius 2 is 2.17 bits per heavy atom. The van der Waals surface area contributed by atoms with Gasteiger partial charge < -0.3 is 4.42 Å². The van der Waals surface area contributed by atoms with E-state index >= 15 is 0 Å². The minimum absolute atomic E-state index is 0.0438. The van der Waals surface area contributed by atoms with Gasteiger partial charge in [-0.3, -0.25) is 9.00 Å². The van der Waals surface area contributed by atoms with E-state index in [0.717, 1.165) is 0 Å².